The van der Waals surface area contributed by atoms with Gasteiger partial charge in [0.05, 0.1) is 31.1 Å². The number of morpholine rings is 1. The van der Waals surface area contributed by atoms with Crippen LogP contribution in [0.15, 0.2) is 71.3 Å². The van der Waals surface area contributed by atoms with Crippen LogP contribution in [0.3, 0.4) is 0 Å². The highest BCUT2D eigenvalue weighted by atomic mass is 35.5. The zero-order chi connectivity index (χ0) is 25.0. The fourth-order valence-corrected chi connectivity index (χ4v) is 3.96. The Bertz CT molecular complexity index is 1150. The van der Waals surface area contributed by atoms with Gasteiger partial charge in [0.2, 0.25) is 0 Å². The van der Waals surface area contributed by atoms with Crippen molar-refractivity contribution >= 4 is 23.4 Å². The lowest BCUT2D eigenvalue weighted by molar-refractivity contribution is -0.137. The van der Waals surface area contributed by atoms with Crippen LogP contribution in [0, 0.1) is 0 Å². The van der Waals surface area contributed by atoms with E-state index in [1.807, 2.05) is 0 Å². The number of rotatable bonds is 6. The fraction of sp³-hybridized carbons (Fsp3) is 0.280. The Labute approximate surface area is 204 Å². The van der Waals surface area contributed by atoms with E-state index in [2.05, 4.69) is 0 Å². The monoisotopic (exact) mass is 506 g/mol. The number of carbonyl (C=O) groups is 2. The molecule has 3 aromatic rings. The molecule has 1 aromatic heterocycles. The lowest BCUT2D eigenvalue weighted by Crippen LogP contribution is -2.50. The number of furan rings is 1. The number of benzene rings is 2. The van der Waals surface area contributed by atoms with Crippen molar-refractivity contribution in [2.24, 2.45) is 0 Å². The third kappa shape index (κ3) is 6.23. The summed E-state index contributed by atoms with van der Waals surface area (Å²) in [6.07, 6.45) is -3.51. The highest BCUT2D eigenvalue weighted by molar-refractivity contribution is 6.30. The molecule has 1 saturated heterocycles. The normalized spacial score (nSPS) is 16.2. The minimum absolute atomic E-state index is 0.0951. The first-order chi connectivity index (χ1) is 16.7. The average molecular weight is 507 g/mol. The maximum absolute atomic E-state index is 13.2. The molecule has 1 aliphatic heterocycles. The first kappa shape index (κ1) is 24.8. The van der Waals surface area contributed by atoms with E-state index >= 15 is 0 Å². The van der Waals surface area contributed by atoms with E-state index < -0.39 is 23.8 Å². The van der Waals surface area contributed by atoms with Crippen LogP contribution in [0.5, 0.6) is 0 Å². The highest BCUT2D eigenvalue weighted by Gasteiger charge is 2.32. The van der Waals surface area contributed by atoms with Crippen LogP contribution in [-0.2, 0) is 17.5 Å². The van der Waals surface area contributed by atoms with E-state index in [4.69, 9.17) is 20.8 Å². The third-order valence-corrected chi connectivity index (χ3v) is 5.87. The highest BCUT2D eigenvalue weighted by Crippen LogP contribution is 2.29. The second-order valence-corrected chi connectivity index (χ2v) is 8.53. The number of ether oxygens (including phenoxy) is 1. The number of nitrogens with zero attached hydrogens (tertiary/aromatic N) is 2. The van der Waals surface area contributed by atoms with E-state index in [-0.39, 0.29) is 37.7 Å². The summed E-state index contributed by atoms with van der Waals surface area (Å²) in [5.41, 5.74) is -0.239. The molecule has 1 unspecified atom stereocenters. The van der Waals surface area contributed by atoms with Crippen molar-refractivity contribution in [3.8, 4) is 0 Å². The molecule has 1 fully saturated rings. The van der Waals surface area contributed by atoms with Crippen LogP contribution in [0.2, 0.25) is 5.02 Å². The Morgan fingerprint density at radius 1 is 1.03 bits per heavy atom. The van der Waals surface area contributed by atoms with Gasteiger partial charge in [-0.2, -0.15) is 13.2 Å². The maximum Gasteiger partial charge on any atom is 0.416 e. The summed E-state index contributed by atoms with van der Waals surface area (Å²) in [6, 6.07) is 14.0. The summed E-state index contributed by atoms with van der Waals surface area (Å²) in [5.74, 6) is -0.142. The molecular weight excluding hydrogens is 485 g/mol. The molecule has 0 N–H and O–H groups in total. The van der Waals surface area contributed by atoms with Crippen LogP contribution in [0.25, 0.3) is 0 Å². The number of hydrogen-bond acceptors (Lipinski definition) is 4. The van der Waals surface area contributed by atoms with E-state index in [9.17, 15) is 22.8 Å². The Morgan fingerprint density at radius 2 is 1.71 bits per heavy atom. The Kier molecular flexibility index (Phi) is 7.47. The number of carbonyl (C=O) groups excluding carboxylic acids is 2. The molecular formula is C25H22ClF3N2O4. The van der Waals surface area contributed by atoms with Crippen LogP contribution in [0.1, 0.15) is 32.0 Å². The summed E-state index contributed by atoms with van der Waals surface area (Å²) >= 11 is 5.91. The van der Waals surface area contributed by atoms with Crippen LogP contribution in [-0.4, -0.2) is 54.0 Å². The fourth-order valence-electron chi connectivity index (χ4n) is 3.83. The van der Waals surface area contributed by atoms with Gasteiger partial charge in [0, 0.05) is 35.8 Å². The predicted octanol–water partition coefficient (Wildman–Crippen LogP) is 5.14. The van der Waals surface area contributed by atoms with Gasteiger partial charge in [-0.25, -0.2) is 0 Å². The zero-order valence-electron chi connectivity index (χ0n) is 18.5. The molecule has 1 atom stereocenters. The van der Waals surface area contributed by atoms with Gasteiger partial charge in [0.1, 0.15) is 5.76 Å². The Hall–Kier alpha value is -3.30. The lowest BCUT2D eigenvalue weighted by Gasteiger charge is -2.35. The zero-order valence-corrected chi connectivity index (χ0v) is 19.3. The van der Waals surface area contributed by atoms with Crippen LogP contribution < -0.4 is 0 Å². The second kappa shape index (κ2) is 10.5. The van der Waals surface area contributed by atoms with Crippen molar-refractivity contribution < 1.29 is 31.9 Å². The molecule has 0 spiro atoms. The minimum Gasteiger partial charge on any atom is -0.467 e. The molecule has 0 aliphatic carbocycles. The summed E-state index contributed by atoms with van der Waals surface area (Å²) in [6.45, 7) is 1.13. The molecule has 0 saturated carbocycles. The van der Waals surface area contributed by atoms with Gasteiger partial charge in [0.25, 0.3) is 11.8 Å². The smallest absolute Gasteiger partial charge is 0.416 e. The number of hydrogen-bond donors (Lipinski definition) is 0. The quantitative estimate of drug-likeness (QED) is 0.465. The first-order valence-corrected chi connectivity index (χ1v) is 11.2. The van der Waals surface area contributed by atoms with E-state index in [0.29, 0.717) is 22.9 Å². The molecule has 2 aromatic carbocycles. The standard InChI is InChI=1S/C25H22ClF3N2O4/c26-20-9-5-18(6-10-20)23(32)30-11-13-35-22(15-30)16-31(14-21-2-1-12-34-21)24(33)17-3-7-19(8-4-17)25(27,28)29/h1-10,12,22H,11,13-16H2. The molecule has 4 rings (SSSR count). The van der Waals surface area contributed by atoms with Crippen molar-refractivity contribution in [2.75, 3.05) is 26.2 Å². The molecule has 1 aliphatic rings. The van der Waals surface area contributed by atoms with E-state index in [1.165, 1.54) is 11.2 Å². The van der Waals surface area contributed by atoms with Gasteiger partial charge in [-0.15, -0.1) is 0 Å². The minimum atomic E-state index is -4.49. The SMILES string of the molecule is O=C(c1ccc(Cl)cc1)N1CCOC(CN(Cc2ccco2)C(=O)c2ccc(C(F)(F)F)cc2)C1. The second-order valence-electron chi connectivity index (χ2n) is 8.09. The van der Waals surface area contributed by atoms with Crippen molar-refractivity contribution in [3.63, 3.8) is 0 Å². The summed E-state index contributed by atoms with van der Waals surface area (Å²) in [5, 5.41) is 0.525. The Balaban J connectivity index is 1.49. The maximum atomic E-state index is 13.2. The molecule has 0 radical (unpaired) electrons. The topological polar surface area (TPSA) is 63.0 Å². The van der Waals surface area contributed by atoms with Gasteiger partial charge < -0.3 is 19.0 Å². The summed E-state index contributed by atoms with van der Waals surface area (Å²) < 4.78 is 50.0. The molecule has 6 nitrogen and oxygen atoms in total. The van der Waals surface area contributed by atoms with Crippen LogP contribution in [0.4, 0.5) is 13.2 Å². The number of alkyl halides is 3. The van der Waals surface area contributed by atoms with Crippen molar-refractivity contribution in [2.45, 2.75) is 18.8 Å². The third-order valence-electron chi connectivity index (χ3n) is 5.61. The summed E-state index contributed by atoms with van der Waals surface area (Å²) in [7, 11) is 0. The van der Waals surface area contributed by atoms with E-state index in [0.717, 1.165) is 24.3 Å². The molecule has 184 valence electrons. The predicted molar refractivity (Wildman–Crippen MR) is 122 cm³/mol. The molecule has 10 heteroatoms. The van der Waals surface area contributed by atoms with E-state index in [1.54, 1.807) is 41.3 Å². The molecule has 2 amide bonds. The lowest BCUT2D eigenvalue weighted by atomic mass is 10.1. The van der Waals surface area contributed by atoms with Gasteiger partial charge in [-0.3, -0.25) is 9.59 Å². The first-order valence-electron chi connectivity index (χ1n) is 10.9. The van der Waals surface area contributed by atoms with Gasteiger partial charge >= 0.3 is 6.18 Å². The molecule has 0 bridgehead atoms. The van der Waals surface area contributed by atoms with Crippen molar-refractivity contribution in [1.29, 1.82) is 0 Å². The number of amides is 2. The Morgan fingerprint density at radius 3 is 2.34 bits per heavy atom. The number of halogens is 4. The van der Waals surface area contributed by atoms with Crippen molar-refractivity contribution in [1.82, 2.24) is 9.80 Å². The summed E-state index contributed by atoms with van der Waals surface area (Å²) in [4.78, 5) is 29.2. The van der Waals surface area contributed by atoms with Crippen LogP contribution >= 0.6 is 11.6 Å². The average Bonchev–Trinajstić information content (AvgIpc) is 3.36. The molecule has 35 heavy (non-hydrogen) atoms. The van der Waals surface area contributed by atoms with Gasteiger partial charge in [-0.05, 0) is 60.7 Å². The van der Waals surface area contributed by atoms with Crippen molar-refractivity contribution in [3.05, 3.63) is 94.4 Å². The largest absolute Gasteiger partial charge is 0.467 e. The van der Waals surface area contributed by atoms with Gasteiger partial charge in [-0.1, -0.05) is 11.6 Å². The molecule has 2 heterocycles. The van der Waals surface area contributed by atoms with Gasteiger partial charge in [0.15, 0.2) is 0 Å².